The van der Waals surface area contributed by atoms with Gasteiger partial charge >= 0.3 is 0 Å². The first-order valence-electron chi connectivity index (χ1n) is 9.65. The van der Waals surface area contributed by atoms with Crippen molar-refractivity contribution >= 4 is 30.7 Å². The summed E-state index contributed by atoms with van der Waals surface area (Å²) in [6, 6.07) is 19.0. The highest BCUT2D eigenvalue weighted by molar-refractivity contribution is 5.85. The number of nitrogens with zero attached hydrogens (tertiary/aromatic N) is 2. The molecule has 4 nitrogen and oxygen atoms in total. The zero-order valence-electron chi connectivity index (χ0n) is 16.0. The number of halogens is 2. The van der Waals surface area contributed by atoms with Crippen LogP contribution in [0.1, 0.15) is 23.1 Å². The van der Waals surface area contributed by atoms with E-state index < -0.39 is 0 Å². The van der Waals surface area contributed by atoms with E-state index >= 15 is 0 Å². The molecule has 0 bridgehead atoms. The maximum Gasteiger partial charge on any atom is 0.240 e. The molecular weight excluding hydrogens is 393 g/mol. The van der Waals surface area contributed by atoms with Crippen LogP contribution in [-0.2, 0) is 24.3 Å². The first-order chi connectivity index (χ1) is 12.8. The molecule has 0 saturated carbocycles. The molecule has 2 heterocycles. The van der Waals surface area contributed by atoms with Gasteiger partial charge in [0.25, 0.3) is 0 Å². The molecule has 2 aromatic carbocycles. The van der Waals surface area contributed by atoms with Crippen molar-refractivity contribution in [3.8, 4) is 0 Å². The fraction of sp³-hybridized carbons (Fsp3) is 0.409. The van der Waals surface area contributed by atoms with E-state index in [2.05, 4.69) is 69.7 Å². The Bertz CT molecular complexity index is 756. The highest BCUT2D eigenvalue weighted by Crippen LogP contribution is 2.18. The number of nitrogens with one attached hydrogen (secondary N) is 1. The second kappa shape index (κ2) is 10.8. The van der Waals surface area contributed by atoms with Crippen LogP contribution in [0.2, 0.25) is 0 Å². The summed E-state index contributed by atoms with van der Waals surface area (Å²) in [4.78, 5) is 17.6. The Balaban J connectivity index is 0.00000140. The lowest BCUT2D eigenvalue weighted by Crippen LogP contribution is -2.50. The molecule has 2 aliphatic heterocycles. The van der Waals surface area contributed by atoms with E-state index in [1.807, 2.05) is 0 Å². The molecule has 1 amide bonds. The number of hydrogen-bond donors (Lipinski definition) is 1. The van der Waals surface area contributed by atoms with Gasteiger partial charge in [-0.3, -0.25) is 9.69 Å². The van der Waals surface area contributed by atoms with E-state index in [1.54, 1.807) is 0 Å². The smallest absolute Gasteiger partial charge is 0.240 e. The first-order valence-corrected chi connectivity index (χ1v) is 9.65. The molecule has 1 fully saturated rings. The molecular formula is C22H29Cl2N3O. The standard InChI is InChI=1S/C22H27N3O.2ClH/c26-22(21-15-19-9-4-5-10-20(19)16-23-21)25-12-6-11-24(13-14-25)17-18-7-2-1-3-8-18;;/h1-5,7-10,21,23H,6,11-17H2;2*1H. The van der Waals surface area contributed by atoms with Gasteiger partial charge in [-0.2, -0.15) is 0 Å². The Morgan fingerprint density at radius 2 is 1.61 bits per heavy atom. The summed E-state index contributed by atoms with van der Waals surface area (Å²) in [6.45, 7) is 5.46. The van der Waals surface area contributed by atoms with Crippen LogP contribution in [-0.4, -0.2) is 47.9 Å². The van der Waals surface area contributed by atoms with Crippen molar-refractivity contribution in [3.05, 3.63) is 71.3 Å². The number of rotatable bonds is 3. The highest BCUT2D eigenvalue weighted by atomic mass is 35.5. The summed E-state index contributed by atoms with van der Waals surface area (Å²) in [6.07, 6.45) is 1.85. The average Bonchev–Trinajstić information content (AvgIpc) is 2.93. The fourth-order valence-electron chi connectivity index (χ4n) is 4.04. The number of benzene rings is 2. The Morgan fingerprint density at radius 1 is 0.893 bits per heavy atom. The van der Waals surface area contributed by atoms with Gasteiger partial charge in [-0.1, -0.05) is 54.6 Å². The highest BCUT2D eigenvalue weighted by Gasteiger charge is 2.29. The normalized spacial score (nSPS) is 19.6. The van der Waals surface area contributed by atoms with Gasteiger partial charge in [-0.05, 0) is 29.5 Å². The number of carbonyl (C=O) groups is 1. The minimum atomic E-state index is -0.0782. The van der Waals surface area contributed by atoms with Crippen LogP contribution in [0.4, 0.5) is 0 Å². The molecule has 2 aliphatic rings. The third kappa shape index (κ3) is 5.48. The van der Waals surface area contributed by atoms with E-state index in [0.29, 0.717) is 0 Å². The summed E-state index contributed by atoms with van der Waals surface area (Å²) in [5.41, 5.74) is 3.98. The van der Waals surface area contributed by atoms with Gasteiger partial charge in [0, 0.05) is 39.3 Å². The Labute approximate surface area is 180 Å². The second-order valence-corrected chi connectivity index (χ2v) is 7.35. The summed E-state index contributed by atoms with van der Waals surface area (Å²) in [7, 11) is 0. The van der Waals surface area contributed by atoms with E-state index in [9.17, 15) is 4.79 Å². The third-order valence-corrected chi connectivity index (χ3v) is 5.53. The maximum atomic E-state index is 13.0. The zero-order valence-corrected chi connectivity index (χ0v) is 17.7. The van der Waals surface area contributed by atoms with Crippen molar-refractivity contribution in [1.29, 1.82) is 0 Å². The van der Waals surface area contributed by atoms with Gasteiger partial charge < -0.3 is 10.2 Å². The molecule has 6 heteroatoms. The number of hydrogen-bond acceptors (Lipinski definition) is 3. The second-order valence-electron chi connectivity index (χ2n) is 7.35. The Hall–Kier alpha value is -1.59. The lowest BCUT2D eigenvalue weighted by Gasteiger charge is -2.30. The SMILES string of the molecule is Cl.Cl.O=C(C1Cc2ccccc2CN1)N1CCCN(Cc2ccccc2)CC1. The average molecular weight is 422 g/mol. The van der Waals surface area contributed by atoms with Crippen molar-refractivity contribution in [1.82, 2.24) is 15.1 Å². The van der Waals surface area contributed by atoms with Crippen LogP contribution in [0.25, 0.3) is 0 Å². The fourth-order valence-corrected chi connectivity index (χ4v) is 4.04. The Morgan fingerprint density at radius 3 is 2.39 bits per heavy atom. The van der Waals surface area contributed by atoms with E-state index in [-0.39, 0.29) is 36.8 Å². The molecule has 1 atom stereocenters. The predicted molar refractivity (Wildman–Crippen MR) is 118 cm³/mol. The maximum absolute atomic E-state index is 13.0. The summed E-state index contributed by atoms with van der Waals surface area (Å²) in [5.74, 6) is 0.265. The van der Waals surface area contributed by atoms with Crippen molar-refractivity contribution in [2.45, 2.75) is 32.0 Å². The van der Waals surface area contributed by atoms with Crippen LogP contribution in [0.5, 0.6) is 0 Å². The van der Waals surface area contributed by atoms with Crippen molar-refractivity contribution in [2.24, 2.45) is 0 Å². The quantitative estimate of drug-likeness (QED) is 0.825. The number of fused-ring (bicyclic) bond motifs is 1. The van der Waals surface area contributed by atoms with Gasteiger partial charge in [-0.25, -0.2) is 0 Å². The van der Waals surface area contributed by atoms with Gasteiger partial charge in [0.1, 0.15) is 0 Å². The molecule has 1 saturated heterocycles. The molecule has 0 aliphatic carbocycles. The van der Waals surface area contributed by atoms with Crippen molar-refractivity contribution < 1.29 is 4.79 Å². The van der Waals surface area contributed by atoms with Gasteiger partial charge in [0.2, 0.25) is 5.91 Å². The summed E-state index contributed by atoms with van der Waals surface area (Å²) < 4.78 is 0. The molecule has 1 unspecified atom stereocenters. The minimum absolute atomic E-state index is 0. The van der Waals surface area contributed by atoms with E-state index in [4.69, 9.17) is 0 Å². The van der Waals surface area contributed by atoms with Crippen LogP contribution in [0, 0.1) is 0 Å². The van der Waals surface area contributed by atoms with Crippen LogP contribution in [0.3, 0.4) is 0 Å². The van der Waals surface area contributed by atoms with E-state index in [1.165, 1.54) is 16.7 Å². The molecule has 2 aromatic rings. The van der Waals surface area contributed by atoms with E-state index in [0.717, 1.165) is 52.1 Å². The third-order valence-electron chi connectivity index (χ3n) is 5.53. The monoisotopic (exact) mass is 421 g/mol. The largest absolute Gasteiger partial charge is 0.340 e. The topological polar surface area (TPSA) is 35.6 Å². The lowest BCUT2D eigenvalue weighted by molar-refractivity contribution is -0.133. The van der Waals surface area contributed by atoms with Crippen LogP contribution >= 0.6 is 24.8 Å². The molecule has 28 heavy (non-hydrogen) atoms. The first kappa shape index (κ1) is 22.7. The molecule has 0 spiro atoms. The van der Waals surface area contributed by atoms with Crippen molar-refractivity contribution in [3.63, 3.8) is 0 Å². The summed E-state index contributed by atoms with van der Waals surface area (Å²) >= 11 is 0. The molecule has 152 valence electrons. The van der Waals surface area contributed by atoms with Crippen LogP contribution < -0.4 is 5.32 Å². The molecule has 4 rings (SSSR count). The molecule has 0 aromatic heterocycles. The minimum Gasteiger partial charge on any atom is -0.340 e. The predicted octanol–water partition coefficient (Wildman–Crippen LogP) is 3.28. The molecule has 0 radical (unpaired) electrons. The van der Waals surface area contributed by atoms with Gasteiger partial charge in [0.05, 0.1) is 6.04 Å². The number of amides is 1. The van der Waals surface area contributed by atoms with Gasteiger partial charge in [0.15, 0.2) is 0 Å². The number of carbonyl (C=O) groups excluding carboxylic acids is 1. The Kier molecular flexibility index (Phi) is 8.77. The summed E-state index contributed by atoms with van der Waals surface area (Å²) in [5, 5.41) is 3.44. The molecule has 1 N–H and O–H groups in total. The lowest BCUT2D eigenvalue weighted by atomic mass is 9.95. The zero-order chi connectivity index (χ0) is 17.8. The van der Waals surface area contributed by atoms with Crippen molar-refractivity contribution in [2.75, 3.05) is 26.2 Å². The van der Waals surface area contributed by atoms with Crippen LogP contribution in [0.15, 0.2) is 54.6 Å². The van der Waals surface area contributed by atoms with Gasteiger partial charge in [-0.15, -0.1) is 24.8 Å².